The lowest BCUT2D eigenvalue weighted by molar-refractivity contribution is 1.36. The Hall–Kier alpha value is -0.630. The van der Waals surface area contributed by atoms with E-state index in [0.29, 0.717) is 0 Å². The molecule has 0 unspecified atom stereocenters. The molecule has 0 saturated heterocycles. The Morgan fingerprint density at radius 3 is 2.12 bits per heavy atom. The van der Waals surface area contributed by atoms with Gasteiger partial charge in [0, 0.05) is 19.8 Å². The third kappa shape index (κ3) is 2.94. The quantitative estimate of drug-likeness (QED) is 0.698. The van der Waals surface area contributed by atoms with Crippen molar-refractivity contribution >= 4 is 35.0 Å². The molecule has 0 aliphatic heterocycles. The van der Waals surface area contributed by atoms with Crippen molar-refractivity contribution in [3.05, 3.63) is 58.1 Å². The van der Waals surface area contributed by atoms with Gasteiger partial charge in [0.15, 0.2) is 0 Å². The number of rotatable bonds is 2. The minimum Gasteiger partial charge on any atom is -0.0900 e. The van der Waals surface area contributed by atoms with Gasteiger partial charge in [-0.15, -0.1) is 0 Å². The summed E-state index contributed by atoms with van der Waals surface area (Å²) in [6.45, 7) is 2.00. The van der Waals surface area contributed by atoms with Gasteiger partial charge >= 0.3 is 0 Å². The van der Waals surface area contributed by atoms with Gasteiger partial charge in [0.2, 0.25) is 0 Å². The van der Waals surface area contributed by atoms with Crippen LogP contribution in [0.5, 0.6) is 0 Å². The number of halogens is 2. The van der Waals surface area contributed by atoms with Crippen molar-refractivity contribution in [1.82, 2.24) is 0 Å². The van der Waals surface area contributed by atoms with Crippen LogP contribution in [0.4, 0.5) is 0 Å². The zero-order valence-electron chi connectivity index (χ0n) is 8.71. The number of aryl methyl sites for hydroxylation is 1. The topological polar surface area (TPSA) is 0 Å². The molecule has 0 saturated carbocycles. The minimum absolute atomic E-state index is 0.756. The first-order valence-corrected chi connectivity index (χ1v) is 6.42. The van der Waals surface area contributed by atoms with Crippen LogP contribution >= 0.6 is 35.0 Å². The largest absolute Gasteiger partial charge is 0.0900 e. The lowest BCUT2D eigenvalue weighted by atomic mass is 10.2. The SMILES string of the molecule is Cc1ccc(Sc2ccc(Cl)cc2)cc1Cl. The molecule has 0 N–H and O–H groups in total. The maximum absolute atomic E-state index is 6.07. The highest BCUT2D eigenvalue weighted by Gasteiger charge is 2.00. The zero-order valence-corrected chi connectivity index (χ0v) is 11.0. The predicted molar refractivity (Wildman–Crippen MR) is 71.8 cm³/mol. The average Bonchev–Trinajstić information content (AvgIpc) is 2.27. The Kier molecular flexibility index (Phi) is 3.80. The molecule has 0 aliphatic carbocycles. The number of hydrogen-bond donors (Lipinski definition) is 0. The maximum Gasteiger partial charge on any atom is 0.0446 e. The predicted octanol–water partition coefficient (Wildman–Crippen LogP) is 5.45. The van der Waals surface area contributed by atoms with Crippen molar-refractivity contribution in [1.29, 1.82) is 0 Å². The van der Waals surface area contributed by atoms with Crippen molar-refractivity contribution in [2.24, 2.45) is 0 Å². The maximum atomic E-state index is 6.07. The van der Waals surface area contributed by atoms with Crippen LogP contribution in [0.15, 0.2) is 52.3 Å². The standard InChI is InChI=1S/C13H10Cl2S/c1-9-2-5-12(8-13(9)15)16-11-6-3-10(14)4-7-11/h2-8H,1H3. The van der Waals surface area contributed by atoms with E-state index in [1.807, 2.05) is 43.3 Å². The highest BCUT2D eigenvalue weighted by molar-refractivity contribution is 7.99. The van der Waals surface area contributed by atoms with E-state index in [2.05, 4.69) is 6.07 Å². The monoisotopic (exact) mass is 268 g/mol. The third-order valence-electron chi connectivity index (χ3n) is 2.19. The number of benzene rings is 2. The summed E-state index contributed by atoms with van der Waals surface area (Å²) >= 11 is 13.6. The Morgan fingerprint density at radius 1 is 0.875 bits per heavy atom. The molecule has 0 nitrogen and oxygen atoms in total. The fourth-order valence-electron chi connectivity index (χ4n) is 1.28. The normalized spacial score (nSPS) is 10.4. The summed E-state index contributed by atoms with van der Waals surface area (Å²) in [6, 6.07) is 13.9. The summed E-state index contributed by atoms with van der Waals surface area (Å²) in [5.74, 6) is 0. The van der Waals surface area contributed by atoms with Crippen LogP contribution in [0.1, 0.15) is 5.56 Å². The summed E-state index contributed by atoms with van der Waals surface area (Å²) in [4.78, 5) is 2.29. The molecule has 0 spiro atoms. The molecular formula is C13H10Cl2S. The van der Waals surface area contributed by atoms with Gasteiger partial charge in [-0.25, -0.2) is 0 Å². The molecular weight excluding hydrogens is 259 g/mol. The van der Waals surface area contributed by atoms with E-state index in [1.165, 1.54) is 0 Å². The van der Waals surface area contributed by atoms with E-state index < -0.39 is 0 Å². The summed E-state index contributed by atoms with van der Waals surface area (Å²) in [5.41, 5.74) is 1.10. The molecule has 0 fully saturated rings. The van der Waals surface area contributed by atoms with Crippen LogP contribution in [-0.2, 0) is 0 Å². The van der Waals surface area contributed by atoms with Gasteiger partial charge in [0.05, 0.1) is 0 Å². The zero-order chi connectivity index (χ0) is 11.5. The second-order valence-corrected chi connectivity index (χ2v) is 5.46. The third-order valence-corrected chi connectivity index (χ3v) is 3.85. The van der Waals surface area contributed by atoms with E-state index in [0.717, 1.165) is 25.4 Å². The molecule has 2 rings (SSSR count). The van der Waals surface area contributed by atoms with E-state index in [1.54, 1.807) is 11.8 Å². The molecule has 82 valence electrons. The smallest absolute Gasteiger partial charge is 0.0446 e. The van der Waals surface area contributed by atoms with Crippen molar-refractivity contribution in [3.8, 4) is 0 Å². The van der Waals surface area contributed by atoms with Crippen LogP contribution < -0.4 is 0 Å². The second-order valence-electron chi connectivity index (χ2n) is 3.47. The van der Waals surface area contributed by atoms with Crippen LogP contribution in [0.3, 0.4) is 0 Å². The van der Waals surface area contributed by atoms with Crippen LogP contribution in [0, 0.1) is 6.92 Å². The number of hydrogen-bond acceptors (Lipinski definition) is 1. The van der Waals surface area contributed by atoms with Gasteiger partial charge in [-0.05, 0) is 48.9 Å². The molecule has 0 aromatic heterocycles. The molecule has 0 bridgehead atoms. The van der Waals surface area contributed by atoms with E-state index in [-0.39, 0.29) is 0 Å². The molecule has 0 atom stereocenters. The highest BCUT2D eigenvalue weighted by Crippen LogP contribution is 2.31. The first-order valence-electron chi connectivity index (χ1n) is 4.85. The van der Waals surface area contributed by atoms with Gasteiger partial charge in [-0.2, -0.15) is 0 Å². The van der Waals surface area contributed by atoms with Crippen LogP contribution in [0.2, 0.25) is 10.0 Å². The fourth-order valence-corrected chi connectivity index (χ4v) is 2.50. The van der Waals surface area contributed by atoms with E-state index in [9.17, 15) is 0 Å². The molecule has 2 aromatic carbocycles. The van der Waals surface area contributed by atoms with Crippen LogP contribution in [-0.4, -0.2) is 0 Å². The van der Waals surface area contributed by atoms with Gasteiger partial charge in [0.25, 0.3) is 0 Å². The van der Waals surface area contributed by atoms with Crippen molar-refractivity contribution in [3.63, 3.8) is 0 Å². The Balaban J connectivity index is 2.20. The fraction of sp³-hybridized carbons (Fsp3) is 0.0769. The van der Waals surface area contributed by atoms with Crippen molar-refractivity contribution < 1.29 is 0 Å². The molecule has 3 heteroatoms. The minimum atomic E-state index is 0.756. The van der Waals surface area contributed by atoms with Crippen LogP contribution in [0.25, 0.3) is 0 Å². The Bertz CT molecular complexity index is 492. The first-order chi connectivity index (χ1) is 7.65. The summed E-state index contributed by atoms with van der Waals surface area (Å²) in [7, 11) is 0. The summed E-state index contributed by atoms with van der Waals surface area (Å²) < 4.78 is 0. The van der Waals surface area contributed by atoms with Gasteiger partial charge < -0.3 is 0 Å². The van der Waals surface area contributed by atoms with Gasteiger partial charge in [-0.1, -0.05) is 41.0 Å². The second kappa shape index (κ2) is 5.13. The molecule has 0 radical (unpaired) electrons. The molecule has 0 heterocycles. The first kappa shape index (κ1) is 11.8. The molecule has 16 heavy (non-hydrogen) atoms. The lowest BCUT2D eigenvalue weighted by Crippen LogP contribution is -1.77. The summed E-state index contributed by atoms with van der Waals surface area (Å²) in [5, 5.41) is 1.56. The molecule has 2 aromatic rings. The Morgan fingerprint density at radius 2 is 1.50 bits per heavy atom. The lowest BCUT2D eigenvalue weighted by Gasteiger charge is -2.04. The molecule has 0 aliphatic rings. The van der Waals surface area contributed by atoms with Gasteiger partial charge in [-0.3, -0.25) is 0 Å². The van der Waals surface area contributed by atoms with E-state index >= 15 is 0 Å². The van der Waals surface area contributed by atoms with E-state index in [4.69, 9.17) is 23.2 Å². The van der Waals surface area contributed by atoms with Crippen molar-refractivity contribution in [2.75, 3.05) is 0 Å². The molecule has 0 amide bonds. The summed E-state index contributed by atoms with van der Waals surface area (Å²) in [6.07, 6.45) is 0. The average molecular weight is 269 g/mol. The Labute approximate surface area is 110 Å². The highest BCUT2D eigenvalue weighted by atomic mass is 35.5. The van der Waals surface area contributed by atoms with Gasteiger partial charge in [0.1, 0.15) is 0 Å². The van der Waals surface area contributed by atoms with Crippen molar-refractivity contribution in [2.45, 2.75) is 16.7 Å².